The van der Waals surface area contributed by atoms with Gasteiger partial charge in [-0.2, -0.15) is 0 Å². The summed E-state index contributed by atoms with van der Waals surface area (Å²) < 4.78 is 10.6. The second-order valence-electron chi connectivity index (χ2n) is 6.33. The Hall–Kier alpha value is -2.76. The lowest BCUT2D eigenvalue weighted by molar-refractivity contribution is 0.0761. The first-order chi connectivity index (χ1) is 12.7. The number of rotatable bonds is 5. The summed E-state index contributed by atoms with van der Waals surface area (Å²) >= 11 is 0. The summed E-state index contributed by atoms with van der Waals surface area (Å²) in [5.74, 6) is 2.12. The first-order valence-corrected chi connectivity index (χ1v) is 8.95. The Kier molecular flexibility index (Phi) is 5.94. The molecular weight excluding hydrogens is 330 g/mol. The maximum Gasteiger partial charge on any atom is 0.255 e. The van der Waals surface area contributed by atoms with Gasteiger partial charge in [0.05, 0.1) is 25.5 Å². The van der Waals surface area contributed by atoms with Crippen molar-refractivity contribution in [3.8, 4) is 11.5 Å². The fourth-order valence-electron chi connectivity index (χ4n) is 3.10. The lowest BCUT2D eigenvalue weighted by atomic mass is 10.2. The van der Waals surface area contributed by atoms with Crippen molar-refractivity contribution in [1.29, 1.82) is 0 Å². The van der Waals surface area contributed by atoms with Crippen LogP contribution in [0.5, 0.6) is 11.5 Å². The van der Waals surface area contributed by atoms with E-state index in [1.807, 2.05) is 35.2 Å². The van der Waals surface area contributed by atoms with Crippen LogP contribution in [0.2, 0.25) is 0 Å². The maximum absolute atomic E-state index is 12.6. The fraction of sp³-hybridized carbons (Fsp3) is 0.400. The van der Waals surface area contributed by atoms with Crippen LogP contribution >= 0.6 is 0 Å². The van der Waals surface area contributed by atoms with Gasteiger partial charge in [0.2, 0.25) is 0 Å². The zero-order valence-corrected chi connectivity index (χ0v) is 15.3. The molecule has 1 aromatic carbocycles. The Morgan fingerprint density at radius 1 is 1.04 bits per heavy atom. The Balaban J connectivity index is 1.72. The molecule has 1 amide bonds. The van der Waals surface area contributed by atoms with E-state index in [1.54, 1.807) is 20.4 Å². The average Bonchev–Trinajstić information content (AvgIpc) is 2.97. The van der Waals surface area contributed by atoms with Gasteiger partial charge in [-0.3, -0.25) is 4.79 Å². The number of hydrogen-bond donors (Lipinski definition) is 1. The molecule has 26 heavy (non-hydrogen) atoms. The van der Waals surface area contributed by atoms with Gasteiger partial charge in [-0.05, 0) is 37.1 Å². The minimum Gasteiger partial charge on any atom is -0.497 e. The maximum atomic E-state index is 12.6. The van der Waals surface area contributed by atoms with Gasteiger partial charge in [0, 0.05) is 25.4 Å². The highest BCUT2D eigenvalue weighted by molar-refractivity contribution is 5.94. The second kappa shape index (κ2) is 8.56. The molecule has 1 aromatic heterocycles. The molecule has 138 valence electrons. The van der Waals surface area contributed by atoms with Crippen molar-refractivity contribution in [3.05, 3.63) is 42.1 Å². The van der Waals surface area contributed by atoms with Crippen molar-refractivity contribution >= 4 is 17.4 Å². The van der Waals surface area contributed by atoms with Crippen molar-refractivity contribution in [1.82, 2.24) is 9.88 Å². The number of anilines is 2. The number of carbonyl (C=O) groups excluding carboxylic acids is 1. The zero-order chi connectivity index (χ0) is 18.4. The quantitative estimate of drug-likeness (QED) is 0.882. The van der Waals surface area contributed by atoms with Crippen molar-refractivity contribution in [2.45, 2.75) is 25.7 Å². The second-order valence-corrected chi connectivity index (χ2v) is 6.33. The third kappa shape index (κ3) is 4.25. The van der Waals surface area contributed by atoms with Crippen LogP contribution in [0.15, 0.2) is 36.5 Å². The molecule has 1 N–H and O–H groups in total. The SMILES string of the molecule is COc1ccc(OC)c(Nc2ccc(C(=O)N3CCCCCC3)cn2)c1. The Labute approximate surface area is 154 Å². The van der Waals surface area contributed by atoms with Crippen LogP contribution in [0.1, 0.15) is 36.0 Å². The van der Waals surface area contributed by atoms with E-state index < -0.39 is 0 Å². The summed E-state index contributed by atoms with van der Waals surface area (Å²) in [6.07, 6.45) is 6.19. The number of methoxy groups -OCH3 is 2. The topological polar surface area (TPSA) is 63.7 Å². The monoisotopic (exact) mass is 355 g/mol. The van der Waals surface area contributed by atoms with Gasteiger partial charge in [0.15, 0.2) is 0 Å². The summed E-state index contributed by atoms with van der Waals surface area (Å²) in [6, 6.07) is 9.13. The predicted molar refractivity (Wildman–Crippen MR) is 101 cm³/mol. The van der Waals surface area contributed by atoms with E-state index in [2.05, 4.69) is 10.3 Å². The van der Waals surface area contributed by atoms with Gasteiger partial charge in [-0.15, -0.1) is 0 Å². The number of nitrogens with zero attached hydrogens (tertiary/aromatic N) is 2. The van der Waals surface area contributed by atoms with E-state index in [0.717, 1.165) is 37.4 Å². The van der Waals surface area contributed by atoms with Crippen molar-refractivity contribution < 1.29 is 14.3 Å². The summed E-state index contributed by atoms with van der Waals surface area (Å²) in [4.78, 5) is 19.0. The van der Waals surface area contributed by atoms with Gasteiger partial charge >= 0.3 is 0 Å². The molecule has 3 rings (SSSR count). The highest BCUT2D eigenvalue weighted by Crippen LogP contribution is 2.31. The first kappa shape index (κ1) is 18.0. The first-order valence-electron chi connectivity index (χ1n) is 8.95. The number of benzene rings is 1. The molecular formula is C20H25N3O3. The minimum absolute atomic E-state index is 0.0601. The van der Waals surface area contributed by atoms with Crippen LogP contribution in [0, 0.1) is 0 Å². The number of pyridine rings is 1. The largest absolute Gasteiger partial charge is 0.497 e. The third-order valence-electron chi connectivity index (χ3n) is 4.57. The van der Waals surface area contributed by atoms with Gasteiger partial charge in [-0.25, -0.2) is 4.98 Å². The van der Waals surface area contributed by atoms with Crippen LogP contribution in [-0.4, -0.2) is 43.1 Å². The number of aromatic nitrogens is 1. The van der Waals surface area contributed by atoms with E-state index in [-0.39, 0.29) is 5.91 Å². The molecule has 1 saturated heterocycles. The number of nitrogens with one attached hydrogen (secondary N) is 1. The van der Waals surface area contributed by atoms with Crippen LogP contribution < -0.4 is 14.8 Å². The van der Waals surface area contributed by atoms with E-state index in [1.165, 1.54) is 12.8 Å². The lowest BCUT2D eigenvalue weighted by Crippen LogP contribution is -2.31. The predicted octanol–water partition coefficient (Wildman–Crippen LogP) is 3.86. The smallest absolute Gasteiger partial charge is 0.255 e. The van der Waals surface area contributed by atoms with E-state index >= 15 is 0 Å². The fourth-order valence-corrected chi connectivity index (χ4v) is 3.10. The van der Waals surface area contributed by atoms with Gasteiger partial charge in [0.1, 0.15) is 17.3 Å². The van der Waals surface area contributed by atoms with Crippen LogP contribution in [0.4, 0.5) is 11.5 Å². The minimum atomic E-state index is 0.0601. The Bertz CT molecular complexity index is 738. The molecule has 1 aliphatic rings. The number of ether oxygens (including phenoxy) is 2. The highest BCUT2D eigenvalue weighted by atomic mass is 16.5. The molecule has 2 aromatic rings. The summed E-state index contributed by atoms with van der Waals surface area (Å²) in [6.45, 7) is 1.67. The molecule has 0 saturated carbocycles. The molecule has 6 nitrogen and oxygen atoms in total. The summed E-state index contributed by atoms with van der Waals surface area (Å²) in [7, 11) is 3.23. The van der Waals surface area contributed by atoms with Crippen molar-refractivity contribution in [2.24, 2.45) is 0 Å². The molecule has 1 fully saturated rings. The zero-order valence-electron chi connectivity index (χ0n) is 15.3. The molecule has 2 heterocycles. The molecule has 0 radical (unpaired) electrons. The molecule has 0 unspecified atom stereocenters. The molecule has 6 heteroatoms. The van der Waals surface area contributed by atoms with Crippen LogP contribution in [0.3, 0.4) is 0 Å². The van der Waals surface area contributed by atoms with Crippen LogP contribution in [-0.2, 0) is 0 Å². The standard InChI is InChI=1S/C20H25N3O3/c1-25-16-8-9-18(26-2)17(13-16)22-19-10-7-15(14-21-19)20(24)23-11-5-3-4-6-12-23/h7-10,13-14H,3-6,11-12H2,1-2H3,(H,21,22). The van der Waals surface area contributed by atoms with Gasteiger partial charge < -0.3 is 19.7 Å². The molecule has 0 aliphatic carbocycles. The number of amides is 1. The number of likely N-dealkylation sites (tertiary alicyclic amines) is 1. The molecule has 1 aliphatic heterocycles. The van der Waals surface area contributed by atoms with Crippen molar-refractivity contribution in [2.75, 3.05) is 32.6 Å². The van der Waals surface area contributed by atoms with E-state index in [9.17, 15) is 4.79 Å². The molecule has 0 bridgehead atoms. The summed E-state index contributed by atoms with van der Waals surface area (Å²) in [5, 5.41) is 3.21. The Morgan fingerprint density at radius 3 is 2.42 bits per heavy atom. The van der Waals surface area contributed by atoms with E-state index in [0.29, 0.717) is 17.1 Å². The normalized spacial score (nSPS) is 14.5. The van der Waals surface area contributed by atoms with Crippen molar-refractivity contribution in [3.63, 3.8) is 0 Å². The lowest BCUT2D eigenvalue weighted by Gasteiger charge is -2.20. The molecule has 0 atom stereocenters. The van der Waals surface area contributed by atoms with Gasteiger partial charge in [-0.1, -0.05) is 12.8 Å². The number of hydrogen-bond acceptors (Lipinski definition) is 5. The highest BCUT2D eigenvalue weighted by Gasteiger charge is 2.17. The summed E-state index contributed by atoms with van der Waals surface area (Å²) in [5.41, 5.74) is 1.38. The number of carbonyl (C=O) groups is 1. The van der Waals surface area contributed by atoms with E-state index in [4.69, 9.17) is 9.47 Å². The molecule has 0 spiro atoms. The average molecular weight is 355 g/mol. The third-order valence-corrected chi connectivity index (χ3v) is 4.57. The Morgan fingerprint density at radius 2 is 1.81 bits per heavy atom. The van der Waals surface area contributed by atoms with Gasteiger partial charge in [0.25, 0.3) is 5.91 Å². The van der Waals surface area contributed by atoms with Crippen LogP contribution in [0.25, 0.3) is 0 Å².